The summed E-state index contributed by atoms with van der Waals surface area (Å²) >= 11 is 1.40. The Labute approximate surface area is 200 Å². The topological polar surface area (TPSA) is 105 Å². The van der Waals surface area contributed by atoms with Gasteiger partial charge in [0, 0.05) is 5.92 Å². The van der Waals surface area contributed by atoms with Crippen molar-refractivity contribution in [1.82, 2.24) is 10.6 Å². The lowest BCUT2D eigenvalue weighted by Gasteiger charge is -2.20. The van der Waals surface area contributed by atoms with E-state index in [0.717, 1.165) is 22.3 Å². The molecule has 2 amide bonds. The van der Waals surface area contributed by atoms with E-state index < -0.39 is 42.9 Å². The molecule has 0 radical (unpaired) electrons. The molecular weight excluding hydrogens is 466 g/mol. The molecule has 1 aliphatic rings. The fourth-order valence-corrected chi connectivity index (χ4v) is 4.41. The van der Waals surface area contributed by atoms with E-state index in [1.165, 1.54) is 11.8 Å². The van der Waals surface area contributed by atoms with Gasteiger partial charge in [0.2, 0.25) is 5.91 Å². The van der Waals surface area contributed by atoms with E-state index >= 15 is 0 Å². The number of alkyl carbamates (subject to hydrolysis) is 1. The van der Waals surface area contributed by atoms with Crippen molar-refractivity contribution in [2.24, 2.45) is 0 Å². The third-order valence-corrected chi connectivity index (χ3v) is 6.24. The van der Waals surface area contributed by atoms with Crippen molar-refractivity contribution in [2.75, 3.05) is 18.6 Å². The Kier molecular flexibility index (Phi) is 8.86. The van der Waals surface area contributed by atoms with Crippen LogP contribution in [0, 0.1) is 0 Å². The Bertz CT molecular complexity index is 990. The first kappa shape index (κ1) is 25.5. The normalized spacial score (nSPS) is 14.1. The third kappa shape index (κ3) is 6.25. The number of carbonyl (C=O) groups excluding carboxylic acids is 2. The molecule has 0 bridgehead atoms. The molecule has 2 aromatic rings. The Morgan fingerprint density at radius 1 is 1.03 bits per heavy atom. The van der Waals surface area contributed by atoms with Crippen molar-refractivity contribution in [2.45, 2.75) is 37.3 Å². The molecule has 3 rings (SSSR count). The van der Waals surface area contributed by atoms with Gasteiger partial charge in [-0.15, -0.1) is 0 Å². The second-order valence-corrected chi connectivity index (χ2v) is 8.84. The van der Waals surface area contributed by atoms with Crippen LogP contribution in [0.3, 0.4) is 0 Å². The smallest absolute Gasteiger partial charge is 0.407 e. The van der Waals surface area contributed by atoms with Crippen LogP contribution < -0.4 is 10.6 Å². The summed E-state index contributed by atoms with van der Waals surface area (Å²) in [6.45, 7) is -0.0578. The number of hydrogen-bond acceptors (Lipinski definition) is 5. The molecule has 0 fully saturated rings. The van der Waals surface area contributed by atoms with Crippen LogP contribution in [0.25, 0.3) is 11.1 Å². The van der Waals surface area contributed by atoms with E-state index in [0.29, 0.717) is 5.75 Å². The number of aliphatic carboxylic acids is 1. The number of benzene rings is 2. The zero-order valence-electron chi connectivity index (χ0n) is 18.5. The maximum absolute atomic E-state index is 13.5. The van der Waals surface area contributed by atoms with Gasteiger partial charge in [-0.1, -0.05) is 48.5 Å². The summed E-state index contributed by atoms with van der Waals surface area (Å²) in [6.07, 6.45) is -2.95. The van der Waals surface area contributed by atoms with E-state index in [9.17, 15) is 28.3 Å². The number of alkyl halides is 2. The highest BCUT2D eigenvalue weighted by Crippen LogP contribution is 2.44. The van der Waals surface area contributed by atoms with Gasteiger partial charge < -0.3 is 20.5 Å². The van der Waals surface area contributed by atoms with Crippen molar-refractivity contribution < 1.29 is 33.0 Å². The molecule has 1 aliphatic carbocycles. The number of fused-ring (bicyclic) bond motifs is 3. The van der Waals surface area contributed by atoms with Gasteiger partial charge in [0.05, 0.1) is 6.42 Å². The van der Waals surface area contributed by atoms with Crippen molar-refractivity contribution in [3.63, 3.8) is 0 Å². The van der Waals surface area contributed by atoms with E-state index in [4.69, 9.17) is 4.74 Å². The lowest BCUT2D eigenvalue weighted by molar-refractivity contribution is -0.142. The fraction of sp³-hybridized carbons (Fsp3) is 0.375. The molecule has 2 aromatic carbocycles. The molecule has 0 spiro atoms. The molecule has 3 N–H and O–H groups in total. The molecule has 2 atom stereocenters. The van der Waals surface area contributed by atoms with Gasteiger partial charge in [-0.25, -0.2) is 18.4 Å². The Morgan fingerprint density at radius 3 is 2.15 bits per heavy atom. The SMILES string of the molecule is CSCC[C@H](NC(=O)CC(NC(=O)OCC1c2ccccc2-c2ccccc21)C(F)F)C(=O)O. The van der Waals surface area contributed by atoms with Crippen LogP contribution in [0.4, 0.5) is 13.6 Å². The Morgan fingerprint density at radius 2 is 1.62 bits per heavy atom. The van der Waals surface area contributed by atoms with Crippen molar-refractivity contribution in [1.29, 1.82) is 0 Å². The standard InChI is InChI=1S/C24H26F2N2O5S/c1-34-11-10-19(23(30)31)27-21(29)12-20(22(25)26)28-24(32)33-13-18-16-8-4-2-6-14(16)15-7-3-5-9-17(15)18/h2-9,18-20,22H,10-13H2,1H3,(H,27,29)(H,28,32)(H,30,31)/t19-,20?/m0/s1. The van der Waals surface area contributed by atoms with E-state index in [1.807, 2.05) is 53.8 Å². The van der Waals surface area contributed by atoms with Gasteiger partial charge in [-0.2, -0.15) is 11.8 Å². The number of carbonyl (C=O) groups is 3. The van der Waals surface area contributed by atoms with Crippen LogP contribution in [-0.2, 0) is 14.3 Å². The summed E-state index contributed by atoms with van der Waals surface area (Å²) in [7, 11) is 0. The average molecular weight is 493 g/mol. The number of carboxylic acids is 1. The van der Waals surface area contributed by atoms with E-state index in [1.54, 1.807) is 6.26 Å². The third-order valence-electron chi connectivity index (χ3n) is 5.60. The molecule has 0 aliphatic heterocycles. The first-order chi connectivity index (χ1) is 16.3. The second kappa shape index (κ2) is 11.8. The molecule has 0 saturated heterocycles. The average Bonchev–Trinajstić information content (AvgIpc) is 3.13. The molecule has 7 nitrogen and oxygen atoms in total. The van der Waals surface area contributed by atoms with Gasteiger partial charge in [0.15, 0.2) is 0 Å². The lowest BCUT2D eigenvalue weighted by Crippen LogP contribution is -2.47. The van der Waals surface area contributed by atoms with Crippen molar-refractivity contribution in [3.05, 3.63) is 59.7 Å². The zero-order chi connectivity index (χ0) is 24.7. The molecule has 34 heavy (non-hydrogen) atoms. The molecule has 0 saturated carbocycles. The van der Waals surface area contributed by atoms with Crippen LogP contribution >= 0.6 is 11.8 Å². The molecule has 0 heterocycles. The largest absolute Gasteiger partial charge is 0.480 e. The number of nitrogens with one attached hydrogen (secondary N) is 2. The van der Waals surface area contributed by atoms with Crippen molar-refractivity contribution >= 4 is 29.7 Å². The first-order valence-corrected chi connectivity index (χ1v) is 12.1. The first-order valence-electron chi connectivity index (χ1n) is 10.7. The number of carboxylic acid groups (broad SMARTS) is 1. The molecule has 182 valence electrons. The van der Waals surface area contributed by atoms with Gasteiger partial charge in [-0.05, 0) is 40.7 Å². The highest BCUT2D eigenvalue weighted by atomic mass is 32.2. The predicted octanol–water partition coefficient (Wildman–Crippen LogP) is 3.87. The van der Waals surface area contributed by atoms with Crippen LogP contribution in [0.15, 0.2) is 48.5 Å². The van der Waals surface area contributed by atoms with Gasteiger partial charge in [0.25, 0.3) is 6.43 Å². The number of halogens is 2. The summed E-state index contributed by atoms with van der Waals surface area (Å²) in [6, 6.07) is 12.4. The van der Waals surface area contributed by atoms with Gasteiger partial charge in [0.1, 0.15) is 18.7 Å². The minimum absolute atomic E-state index is 0.0578. The highest BCUT2D eigenvalue weighted by molar-refractivity contribution is 7.98. The highest BCUT2D eigenvalue weighted by Gasteiger charge is 2.31. The minimum atomic E-state index is -3.04. The molecule has 10 heteroatoms. The summed E-state index contributed by atoms with van der Waals surface area (Å²) in [5.74, 6) is -1.90. The van der Waals surface area contributed by atoms with Crippen LogP contribution in [0.5, 0.6) is 0 Å². The van der Waals surface area contributed by atoms with Crippen LogP contribution in [0.2, 0.25) is 0 Å². The summed E-state index contributed by atoms with van der Waals surface area (Å²) in [4.78, 5) is 35.7. The number of thioether (sulfide) groups is 1. The predicted molar refractivity (Wildman–Crippen MR) is 125 cm³/mol. The van der Waals surface area contributed by atoms with Crippen LogP contribution in [-0.4, -0.2) is 60.2 Å². The number of ether oxygens (including phenoxy) is 1. The monoisotopic (exact) mass is 492 g/mol. The fourth-order valence-electron chi connectivity index (χ4n) is 3.94. The number of hydrogen-bond donors (Lipinski definition) is 3. The lowest BCUT2D eigenvalue weighted by atomic mass is 9.98. The molecular formula is C24H26F2N2O5S. The summed E-state index contributed by atoms with van der Waals surface area (Å²) in [5, 5.41) is 13.5. The second-order valence-electron chi connectivity index (χ2n) is 7.85. The van der Waals surface area contributed by atoms with Crippen molar-refractivity contribution in [3.8, 4) is 11.1 Å². The summed E-state index contributed by atoms with van der Waals surface area (Å²) < 4.78 is 32.2. The molecule has 1 unspecified atom stereocenters. The Hall–Kier alpha value is -3.14. The number of rotatable bonds is 11. The maximum atomic E-state index is 13.5. The zero-order valence-corrected chi connectivity index (χ0v) is 19.3. The quantitative estimate of drug-likeness (QED) is 0.440. The van der Waals surface area contributed by atoms with E-state index in [2.05, 4.69) is 5.32 Å². The summed E-state index contributed by atoms with van der Waals surface area (Å²) in [5.41, 5.74) is 4.02. The number of amides is 2. The van der Waals surface area contributed by atoms with Gasteiger partial charge >= 0.3 is 12.1 Å². The maximum Gasteiger partial charge on any atom is 0.407 e. The minimum Gasteiger partial charge on any atom is -0.480 e. The Balaban J connectivity index is 1.58. The van der Waals surface area contributed by atoms with E-state index in [-0.39, 0.29) is 18.9 Å². The van der Waals surface area contributed by atoms with Gasteiger partial charge in [-0.3, -0.25) is 4.79 Å². The van der Waals surface area contributed by atoms with Crippen LogP contribution in [0.1, 0.15) is 29.9 Å². The molecule has 0 aromatic heterocycles.